The lowest BCUT2D eigenvalue weighted by Crippen LogP contribution is -2.29. The Morgan fingerprint density at radius 2 is 1.24 bits per heavy atom. The number of esters is 2. The Bertz CT molecular complexity index is 983. The highest BCUT2D eigenvalue weighted by molar-refractivity contribution is 7.46. The van der Waals surface area contributed by atoms with E-state index in [9.17, 15) is 19.3 Å². The summed E-state index contributed by atoms with van der Waals surface area (Å²) >= 11 is 0. The average molecular weight is 727 g/mol. The Morgan fingerprint density at radius 1 is 0.660 bits per heavy atom. The molecule has 0 radical (unpaired) electrons. The summed E-state index contributed by atoms with van der Waals surface area (Å²) in [5.41, 5.74) is 0. The number of aliphatic hydroxyl groups is 1. The van der Waals surface area contributed by atoms with Crippen LogP contribution in [0.2, 0.25) is 0 Å². The van der Waals surface area contributed by atoms with E-state index < -0.39 is 38.6 Å². The van der Waals surface area contributed by atoms with Gasteiger partial charge in [-0.3, -0.25) is 14.1 Å². The van der Waals surface area contributed by atoms with Crippen molar-refractivity contribution in [1.29, 1.82) is 0 Å². The molecule has 0 amide bonds. The summed E-state index contributed by atoms with van der Waals surface area (Å²) < 4.78 is 26.2. The smallest absolute Gasteiger partial charge is 0.462 e. The van der Waals surface area contributed by atoms with E-state index in [2.05, 4.69) is 49.6 Å². The molecule has 0 rings (SSSR count). The van der Waals surface area contributed by atoms with Crippen LogP contribution in [0.3, 0.4) is 0 Å². The van der Waals surface area contributed by atoms with Crippen molar-refractivity contribution in [3.05, 3.63) is 48.6 Å². The number of carbonyl (C=O) groups is 2. The molecule has 50 heavy (non-hydrogen) atoms. The monoisotopic (exact) mass is 726 g/mol. The summed E-state index contributed by atoms with van der Waals surface area (Å²) in [5.74, 6) is -0.288. The highest BCUT2D eigenvalue weighted by atomic mass is 31.2. The molecule has 290 valence electrons. The van der Waals surface area contributed by atoms with Gasteiger partial charge in [-0.2, -0.15) is 0 Å². The second-order valence-corrected chi connectivity index (χ2v) is 14.8. The summed E-state index contributed by atoms with van der Waals surface area (Å²) in [7, 11) is -4.80. The summed E-state index contributed by atoms with van der Waals surface area (Å²) in [6.07, 6.45) is 35.8. The first-order valence-electron chi connectivity index (χ1n) is 19.4. The molecule has 0 fully saturated rings. The third-order valence-electron chi connectivity index (χ3n) is 8.13. The Hall–Kier alpha value is -2.03. The van der Waals surface area contributed by atoms with Crippen molar-refractivity contribution in [2.45, 2.75) is 174 Å². The lowest BCUT2D eigenvalue weighted by Gasteiger charge is -2.18. The first-order valence-corrected chi connectivity index (χ1v) is 20.9. The maximum Gasteiger partial charge on any atom is 0.469 e. The molecule has 0 aromatic carbocycles. The zero-order valence-electron chi connectivity index (χ0n) is 31.6. The molecule has 0 spiro atoms. The Kier molecular flexibility index (Phi) is 32.7. The van der Waals surface area contributed by atoms with Crippen molar-refractivity contribution in [2.24, 2.45) is 5.92 Å². The van der Waals surface area contributed by atoms with Gasteiger partial charge in [0.05, 0.1) is 12.7 Å². The maximum absolute atomic E-state index is 12.4. The van der Waals surface area contributed by atoms with Crippen LogP contribution in [0.25, 0.3) is 0 Å². The summed E-state index contributed by atoms with van der Waals surface area (Å²) in [6.45, 7) is 5.79. The molecule has 0 bridgehead atoms. The van der Waals surface area contributed by atoms with Gasteiger partial charge >= 0.3 is 19.8 Å². The molecule has 0 saturated carbocycles. The number of hydrogen-bond donors (Lipinski definition) is 3. The van der Waals surface area contributed by atoms with E-state index in [1.54, 1.807) is 12.2 Å². The molecule has 0 aliphatic rings. The van der Waals surface area contributed by atoms with Crippen molar-refractivity contribution in [3.8, 4) is 0 Å². The predicted octanol–water partition coefficient (Wildman–Crippen LogP) is 10.4. The number of phosphoric acid groups is 1. The highest BCUT2D eigenvalue weighted by Gasteiger charge is 2.23. The number of unbranched alkanes of at least 4 members (excludes halogenated alkanes) is 13. The molecule has 0 heterocycles. The van der Waals surface area contributed by atoms with E-state index in [1.807, 2.05) is 12.2 Å². The molecule has 0 aromatic rings. The number of phosphoric ester groups is 1. The molecule has 10 heteroatoms. The summed E-state index contributed by atoms with van der Waals surface area (Å²) in [6, 6.07) is 0. The molecular weight excluding hydrogens is 655 g/mol. The minimum Gasteiger partial charge on any atom is -0.462 e. The normalized spacial score (nSPS) is 13.7. The third kappa shape index (κ3) is 37.2. The van der Waals surface area contributed by atoms with Gasteiger partial charge in [0.1, 0.15) is 6.61 Å². The zero-order valence-corrected chi connectivity index (χ0v) is 32.5. The molecule has 0 aliphatic heterocycles. The van der Waals surface area contributed by atoms with E-state index in [-0.39, 0.29) is 19.4 Å². The molecule has 0 aliphatic carbocycles. The number of rotatable bonds is 34. The average Bonchev–Trinajstić information content (AvgIpc) is 3.06. The number of aliphatic hydroxyl groups excluding tert-OH is 1. The Balaban J connectivity index is 4.18. The number of allylic oxidation sites excluding steroid dienone is 7. The first-order chi connectivity index (χ1) is 24.0. The van der Waals surface area contributed by atoms with Crippen molar-refractivity contribution < 1.29 is 43.0 Å². The van der Waals surface area contributed by atoms with Crippen LogP contribution in [0, 0.1) is 5.92 Å². The van der Waals surface area contributed by atoms with Crippen LogP contribution in [0.15, 0.2) is 48.6 Å². The number of carbonyl (C=O) groups excluding carboxylic acids is 2. The minimum absolute atomic E-state index is 0.0166. The van der Waals surface area contributed by atoms with Gasteiger partial charge in [0.2, 0.25) is 0 Å². The fourth-order valence-corrected chi connectivity index (χ4v) is 5.55. The molecule has 9 nitrogen and oxygen atoms in total. The van der Waals surface area contributed by atoms with Crippen molar-refractivity contribution in [1.82, 2.24) is 0 Å². The van der Waals surface area contributed by atoms with Gasteiger partial charge in [-0.05, 0) is 50.9 Å². The van der Waals surface area contributed by atoms with Crippen LogP contribution in [0.5, 0.6) is 0 Å². The molecule has 2 atom stereocenters. The van der Waals surface area contributed by atoms with Gasteiger partial charge in [0.25, 0.3) is 0 Å². The molecule has 0 aromatic heterocycles. The lowest BCUT2D eigenvalue weighted by molar-refractivity contribution is -0.161. The van der Waals surface area contributed by atoms with Crippen LogP contribution in [0.4, 0.5) is 0 Å². The van der Waals surface area contributed by atoms with Gasteiger partial charge in [-0.1, -0.05) is 153 Å². The first kappa shape index (κ1) is 48.0. The van der Waals surface area contributed by atoms with Gasteiger partial charge in [0, 0.05) is 12.8 Å². The van der Waals surface area contributed by atoms with Gasteiger partial charge in [-0.25, -0.2) is 4.57 Å². The molecule has 0 saturated heterocycles. The van der Waals surface area contributed by atoms with Crippen LogP contribution in [0.1, 0.15) is 162 Å². The second kappa shape index (κ2) is 34.1. The minimum atomic E-state index is -4.80. The SMILES string of the molecule is CCCCC/C=C\C/C=C\C/C=C\C=C\[C@H](O)CCCC(=O)O[C@H](COC(=O)CCCCCCCCCCCCCC(C)C)COP(=O)(O)O. The fourth-order valence-electron chi connectivity index (χ4n) is 5.19. The standard InChI is InChI=1S/C40H71O9P/c1-4-5-6-7-8-9-10-11-14-17-20-23-26-30-37(41)31-28-33-40(43)49-38(35-48-50(44,45)46)34-47-39(42)32-27-24-21-18-15-12-13-16-19-22-25-29-36(2)3/h8-9,11,14,20,23,26,30,36-38,41H,4-7,10,12-13,15-19,21-22,24-25,27-29,31-35H2,1-3H3,(H2,44,45,46)/b9-8-,14-11-,23-20-,30-26+/t37-,38+/m0/s1. The quantitative estimate of drug-likeness (QED) is 0.0194. The molecular formula is C40H71O9P. The fraction of sp³-hybridized carbons (Fsp3) is 0.750. The predicted molar refractivity (Wildman–Crippen MR) is 203 cm³/mol. The molecule has 0 unspecified atom stereocenters. The van der Waals surface area contributed by atoms with Crippen LogP contribution in [-0.2, 0) is 28.2 Å². The summed E-state index contributed by atoms with van der Waals surface area (Å²) in [4.78, 5) is 42.7. The van der Waals surface area contributed by atoms with Crippen molar-refractivity contribution >= 4 is 19.8 Å². The molecule has 3 N–H and O–H groups in total. The van der Waals surface area contributed by atoms with E-state index in [0.717, 1.165) is 44.4 Å². The third-order valence-corrected chi connectivity index (χ3v) is 8.62. The highest BCUT2D eigenvalue weighted by Crippen LogP contribution is 2.36. The topological polar surface area (TPSA) is 140 Å². The lowest BCUT2D eigenvalue weighted by atomic mass is 10.0. The van der Waals surface area contributed by atoms with E-state index >= 15 is 0 Å². The van der Waals surface area contributed by atoms with E-state index in [4.69, 9.17) is 19.3 Å². The summed E-state index contributed by atoms with van der Waals surface area (Å²) in [5, 5.41) is 10.2. The van der Waals surface area contributed by atoms with E-state index in [1.165, 1.54) is 70.6 Å². The van der Waals surface area contributed by atoms with Gasteiger partial charge in [-0.15, -0.1) is 0 Å². The van der Waals surface area contributed by atoms with Crippen LogP contribution < -0.4 is 0 Å². The second-order valence-electron chi connectivity index (χ2n) is 13.6. The zero-order chi connectivity index (χ0) is 37.1. The van der Waals surface area contributed by atoms with Crippen LogP contribution >= 0.6 is 7.82 Å². The largest absolute Gasteiger partial charge is 0.469 e. The Labute approximate surface area is 304 Å². The van der Waals surface area contributed by atoms with Crippen LogP contribution in [-0.4, -0.2) is 52.3 Å². The van der Waals surface area contributed by atoms with Crippen molar-refractivity contribution in [2.75, 3.05) is 13.2 Å². The van der Waals surface area contributed by atoms with Gasteiger partial charge < -0.3 is 24.4 Å². The van der Waals surface area contributed by atoms with Crippen molar-refractivity contribution in [3.63, 3.8) is 0 Å². The number of ether oxygens (including phenoxy) is 2. The van der Waals surface area contributed by atoms with Gasteiger partial charge in [0.15, 0.2) is 6.10 Å². The van der Waals surface area contributed by atoms with E-state index in [0.29, 0.717) is 19.3 Å². The maximum atomic E-state index is 12.4. The Morgan fingerprint density at radius 3 is 1.86 bits per heavy atom. The number of hydrogen-bond acceptors (Lipinski definition) is 7.